The van der Waals surface area contributed by atoms with Crippen LogP contribution in [0.2, 0.25) is 5.02 Å². The molecule has 2 aromatic rings. The SMILES string of the molecule is CNC(=O)[C@H](Cc1cnc[nH]1)NC(=O)C(C)(C)c1cccc(Cl)c1. The normalized spacial score (nSPS) is 12.5. The van der Waals surface area contributed by atoms with Crippen LogP contribution in [-0.4, -0.2) is 34.9 Å². The molecule has 0 aliphatic rings. The van der Waals surface area contributed by atoms with E-state index in [2.05, 4.69) is 20.6 Å². The van der Waals surface area contributed by atoms with Gasteiger partial charge in [-0.1, -0.05) is 23.7 Å². The van der Waals surface area contributed by atoms with Crippen molar-refractivity contribution >= 4 is 23.4 Å². The molecule has 1 aromatic carbocycles. The lowest BCUT2D eigenvalue weighted by atomic mass is 9.83. The Morgan fingerprint density at radius 2 is 2.12 bits per heavy atom. The van der Waals surface area contributed by atoms with E-state index in [-0.39, 0.29) is 11.8 Å². The number of amides is 2. The molecule has 0 saturated heterocycles. The molecule has 3 N–H and O–H groups in total. The van der Waals surface area contributed by atoms with Gasteiger partial charge in [0.15, 0.2) is 0 Å². The molecule has 1 heterocycles. The minimum atomic E-state index is -0.828. The average molecular weight is 349 g/mol. The van der Waals surface area contributed by atoms with Crippen molar-refractivity contribution in [3.63, 3.8) is 0 Å². The van der Waals surface area contributed by atoms with Gasteiger partial charge in [0.25, 0.3) is 0 Å². The van der Waals surface area contributed by atoms with Gasteiger partial charge in [0.1, 0.15) is 6.04 Å². The van der Waals surface area contributed by atoms with E-state index in [9.17, 15) is 9.59 Å². The van der Waals surface area contributed by atoms with Crippen molar-refractivity contribution in [1.82, 2.24) is 20.6 Å². The molecule has 0 spiro atoms. The predicted octanol–water partition coefficient (Wildman–Crippen LogP) is 1.81. The van der Waals surface area contributed by atoms with E-state index in [0.717, 1.165) is 11.3 Å². The standard InChI is InChI=1S/C17H21ClN4O2/c1-17(2,11-5-4-6-12(18)7-11)16(24)22-14(15(23)19-3)8-13-9-20-10-21-13/h4-7,9-10,14H,8H2,1-3H3,(H,19,23)(H,20,21)(H,22,24)/t14-/m0/s1. The maximum absolute atomic E-state index is 12.8. The van der Waals surface area contributed by atoms with Crippen molar-refractivity contribution in [2.24, 2.45) is 0 Å². The zero-order valence-electron chi connectivity index (χ0n) is 13.9. The summed E-state index contributed by atoms with van der Waals surface area (Å²) >= 11 is 6.02. The van der Waals surface area contributed by atoms with Gasteiger partial charge in [-0.3, -0.25) is 9.59 Å². The molecule has 7 heteroatoms. The van der Waals surface area contributed by atoms with E-state index in [4.69, 9.17) is 11.6 Å². The molecule has 0 aliphatic carbocycles. The van der Waals surface area contributed by atoms with Crippen LogP contribution in [0.1, 0.15) is 25.1 Å². The molecule has 1 aromatic heterocycles. The van der Waals surface area contributed by atoms with Crippen LogP contribution in [0.5, 0.6) is 0 Å². The number of likely N-dealkylation sites (N-methyl/N-ethyl adjacent to an activating group) is 1. The Kier molecular flexibility index (Phi) is 5.62. The van der Waals surface area contributed by atoms with Crippen LogP contribution in [0.25, 0.3) is 0 Å². The third-order valence-electron chi connectivity index (χ3n) is 3.96. The van der Waals surface area contributed by atoms with Crippen molar-refractivity contribution in [2.45, 2.75) is 31.7 Å². The molecule has 24 heavy (non-hydrogen) atoms. The number of hydrogen-bond donors (Lipinski definition) is 3. The van der Waals surface area contributed by atoms with Gasteiger partial charge in [-0.2, -0.15) is 0 Å². The number of nitrogens with one attached hydrogen (secondary N) is 3. The van der Waals surface area contributed by atoms with Crippen LogP contribution in [0.15, 0.2) is 36.8 Å². The molecule has 1 atom stereocenters. The van der Waals surface area contributed by atoms with Gasteiger partial charge in [0, 0.05) is 30.4 Å². The Balaban J connectivity index is 2.18. The van der Waals surface area contributed by atoms with Crippen LogP contribution in [0.4, 0.5) is 0 Å². The number of halogens is 1. The minimum Gasteiger partial charge on any atom is -0.357 e. The first-order valence-corrected chi connectivity index (χ1v) is 7.98. The van der Waals surface area contributed by atoms with Crippen molar-refractivity contribution in [3.8, 4) is 0 Å². The maximum Gasteiger partial charge on any atom is 0.242 e. The first-order valence-electron chi connectivity index (χ1n) is 7.60. The van der Waals surface area contributed by atoms with E-state index in [1.54, 1.807) is 38.2 Å². The highest BCUT2D eigenvalue weighted by molar-refractivity contribution is 6.30. The third-order valence-corrected chi connectivity index (χ3v) is 4.20. The predicted molar refractivity (Wildman–Crippen MR) is 92.8 cm³/mol. The van der Waals surface area contributed by atoms with Crippen molar-refractivity contribution in [3.05, 3.63) is 53.1 Å². The van der Waals surface area contributed by atoms with Crippen molar-refractivity contribution < 1.29 is 9.59 Å². The van der Waals surface area contributed by atoms with Gasteiger partial charge in [0.2, 0.25) is 11.8 Å². The van der Waals surface area contributed by atoms with Crippen molar-refractivity contribution in [2.75, 3.05) is 7.05 Å². The maximum atomic E-state index is 12.8. The lowest BCUT2D eigenvalue weighted by Crippen LogP contribution is -2.52. The third kappa shape index (κ3) is 4.14. The van der Waals surface area contributed by atoms with Gasteiger partial charge < -0.3 is 15.6 Å². The summed E-state index contributed by atoms with van der Waals surface area (Å²) in [6, 6.07) is 6.46. The summed E-state index contributed by atoms with van der Waals surface area (Å²) < 4.78 is 0. The second-order valence-electron chi connectivity index (χ2n) is 6.06. The summed E-state index contributed by atoms with van der Waals surface area (Å²) in [5.41, 5.74) is 0.722. The fourth-order valence-corrected chi connectivity index (χ4v) is 2.54. The monoisotopic (exact) mass is 348 g/mol. The number of hydrogen-bond acceptors (Lipinski definition) is 3. The van der Waals surface area contributed by atoms with Crippen LogP contribution < -0.4 is 10.6 Å². The second-order valence-corrected chi connectivity index (χ2v) is 6.49. The number of benzene rings is 1. The Hall–Kier alpha value is -2.34. The van der Waals surface area contributed by atoms with Crippen LogP contribution >= 0.6 is 11.6 Å². The summed E-state index contributed by atoms with van der Waals surface area (Å²) in [6.07, 6.45) is 3.50. The number of aromatic nitrogens is 2. The quantitative estimate of drug-likeness (QED) is 0.744. The topological polar surface area (TPSA) is 86.9 Å². The number of H-pyrrole nitrogens is 1. The molecule has 0 saturated carbocycles. The van der Waals surface area contributed by atoms with E-state index in [1.807, 2.05) is 6.07 Å². The zero-order valence-corrected chi connectivity index (χ0v) is 14.6. The Labute approximate surface area is 146 Å². The lowest BCUT2D eigenvalue weighted by Gasteiger charge is -2.27. The number of rotatable bonds is 6. The Bertz CT molecular complexity index is 713. The molecule has 0 unspecified atom stereocenters. The first-order chi connectivity index (χ1) is 11.3. The van der Waals surface area contributed by atoms with E-state index >= 15 is 0 Å². The summed E-state index contributed by atoms with van der Waals surface area (Å²) in [4.78, 5) is 31.8. The Morgan fingerprint density at radius 1 is 1.38 bits per heavy atom. The summed E-state index contributed by atoms with van der Waals surface area (Å²) in [5, 5.41) is 5.96. The van der Waals surface area contributed by atoms with E-state index in [1.165, 1.54) is 13.4 Å². The lowest BCUT2D eigenvalue weighted by molar-refractivity contribution is -0.131. The highest BCUT2D eigenvalue weighted by Gasteiger charge is 2.33. The molecular weight excluding hydrogens is 328 g/mol. The van der Waals surface area contributed by atoms with E-state index < -0.39 is 11.5 Å². The molecule has 0 aliphatic heterocycles. The summed E-state index contributed by atoms with van der Waals surface area (Å²) in [5.74, 6) is -0.516. The molecule has 0 radical (unpaired) electrons. The average Bonchev–Trinajstić information content (AvgIpc) is 3.06. The first kappa shape index (κ1) is 18.0. The molecule has 0 fully saturated rings. The van der Waals surface area contributed by atoms with Crippen LogP contribution in [0, 0.1) is 0 Å². The molecule has 2 amide bonds. The molecular formula is C17H21ClN4O2. The highest BCUT2D eigenvalue weighted by Crippen LogP contribution is 2.26. The van der Waals surface area contributed by atoms with Gasteiger partial charge in [-0.05, 0) is 31.5 Å². The van der Waals surface area contributed by atoms with Gasteiger partial charge in [-0.25, -0.2) is 4.98 Å². The Morgan fingerprint density at radius 3 is 2.71 bits per heavy atom. The van der Waals surface area contributed by atoms with Crippen LogP contribution in [0.3, 0.4) is 0 Å². The number of nitrogens with zero attached hydrogens (tertiary/aromatic N) is 1. The van der Waals surface area contributed by atoms with Gasteiger partial charge in [-0.15, -0.1) is 0 Å². The summed E-state index contributed by atoms with van der Waals surface area (Å²) in [6.45, 7) is 3.59. The van der Waals surface area contributed by atoms with Gasteiger partial charge in [0.05, 0.1) is 11.7 Å². The number of imidazole rings is 1. The number of carbonyl (C=O) groups excluding carboxylic acids is 2. The largest absolute Gasteiger partial charge is 0.357 e. The molecule has 6 nitrogen and oxygen atoms in total. The van der Waals surface area contributed by atoms with Crippen LogP contribution in [-0.2, 0) is 21.4 Å². The fraction of sp³-hybridized carbons (Fsp3) is 0.353. The van der Waals surface area contributed by atoms with Gasteiger partial charge >= 0.3 is 0 Å². The summed E-state index contributed by atoms with van der Waals surface area (Å²) in [7, 11) is 1.54. The molecule has 0 bridgehead atoms. The minimum absolute atomic E-state index is 0.252. The number of aromatic amines is 1. The molecule has 2 rings (SSSR count). The zero-order chi connectivity index (χ0) is 17.7. The second kappa shape index (κ2) is 7.49. The number of carbonyl (C=O) groups is 2. The van der Waals surface area contributed by atoms with E-state index in [0.29, 0.717) is 11.4 Å². The molecule has 128 valence electrons. The fourth-order valence-electron chi connectivity index (χ4n) is 2.35. The smallest absolute Gasteiger partial charge is 0.242 e. The highest BCUT2D eigenvalue weighted by atomic mass is 35.5. The van der Waals surface area contributed by atoms with Crippen molar-refractivity contribution in [1.29, 1.82) is 0 Å².